The smallest absolute Gasteiger partial charge is 0.338 e. The fourth-order valence-corrected chi connectivity index (χ4v) is 2.01. The number of carbonyl (C=O) groups excluding carboxylic acids is 2. The molecule has 0 aromatic heterocycles. The molecule has 5 heteroatoms. The van der Waals surface area contributed by atoms with Crippen molar-refractivity contribution in [2.45, 2.75) is 13.5 Å². The summed E-state index contributed by atoms with van der Waals surface area (Å²) < 4.78 is 10.3. The Balaban J connectivity index is 2.21. The van der Waals surface area contributed by atoms with Crippen molar-refractivity contribution in [1.29, 1.82) is 0 Å². The molecule has 22 heavy (non-hydrogen) atoms. The summed E-state index contributed by atoms with van der Waals surface area (Å²) in [5.41, 5.74) is 1.25. The van der Waals surface area contributed by atoms with Gasteiger partial charge in [-0.2, -0.15) is 0 Å². The molecule has 5 nitrogen and oxygen atoms in total. The molecular formula is C17H16O5. The van der Waals surface area contributed by atoms with Gasteiger partial charge < -0.3 is 14.6 Å². The van der Waals surface area contributed by atoms with Crippen LogP contribution in [0.5, 0.6) is 11.5 Å². The molecule has 0 amide bonds. The van der Waals surface area contributed by atoms with Crippen LogP contribution in [0.15, 0.2) is 42.5 Å². The predicted octanol–water partition coefficient (Wildman–Crippen LogP) is 2.96. The average Bonchev–Trinajstić information content (AvgIpc) is 2.51. The molecule has 0 radical (unpaired) electrons. The summed E-state index contributed by atoms with van der Waals surface area (Å²) in [6, 6.07) is 11.3. The maximum absolute atomic E-state index is 11.7. The third kappa shape index (κ3) is 3.63. The van der Waals surface area contributed by atoms with Crippen LogP contribution in [0.1, 0.15) is 33.2 Å². The summed E-state index contributed by atoms with van der Waals surface area (Å²) in [5, 5.41) is 9.40. The number of hydrogen-bond acceptors (Lipinski definition) is 5. The number of esters is 1. The minimum atomic E-state index is -0.590. The number of aromatic hydroxyl groups is 1. The highest BCUT2D eigenvalue weighted by Gasteiger charge is 2.16. The first-order chi connectivity index (χ1) is 10.5. The lowest BCUT2D eigenvalue weighted by atomic mass is 10.0. The molecule has 0 atom stereocenters. The van der Waals surface area contributed by atoms with Crippen molar-refractivity contribution in [3.05, 3.63) is 59.2 Å². The van der Waals surface area contributed by atoms with E-state index in [4.69, 9.17) is 4.74 Å². The monoisotopic (exact) mass is 300 g/mol. The molecule has 0 aliphatic carbocycles. The normalized spacial score (nSPS) is 10.1. The van der Waals surface area contributed by atoms with Gasteiger partial charge in [-0.05, 0) is 42.8 Å². The fraction of sp³-hybridized carbons (Fsp3) is 0.176. The molecule has 1 N–H and O–H groups in total. The highest BCUT2D eigenvalue weighted by Crippen LogP contribution is 2.21. The number of carbonyl (C=O) groups is 2. The van der Waals surface area contributed by atoms with Gasteiger partial charge in [-0.1, -0.05) is 12.1 Å². The van der Waals surface area contributed by atoms with Crippen LogP contribution in [0, 0.1) is 0 Å². The molecule has 0 aliphatic rings. The number of methoxy groups -OCH3 is 1. The van der Waals surface area contributed by atoms with E-state index in [2.05, 4.69) is 4.74 Å². The van der Waals surface area contributed by atoms with Gasteiger partial charge >= 0.3 is 5.97 Å². The van der Waals surface area contributed by atoms with Gasteiger partial charge in [0.05, 0.1) is 12.7 Å². The summed E-state index contributed by atoms with van der Waals surface area (Å²) in [6.45, 7) is 1.61. The highest BCUT2D eigenvalue weighted by molar-refractivity contribution is 6.05. The van der Waals surface area contributed by atoms with Gasteiger partial charge in [0.1, 0.15) is 18.1 Å². The Bertz CT molecular complexity index is 706. The fourth-order valence-electron chi connectivity index (χ4n) is 2.01. The van der Waals surface area contributed by atoms with Crippen LogP contribution < -0.4 is 4.74 Å². The first-order valence-electron chi connectivity index (χ1n) is 6.65. The number of phenols is 1. The van der Waals surface area contributed by atoms with Crippen LogP contribution in [0.4, 0.5) is 0 Å². The Morgan fingerprint density at radius 2 is 1.86 bits per heavy atom. The van der Waals surface area contributed by atoms with E-state index in [-0.39, 0.29) is 29.3 Å². The zero-order valence-electron chi connectivity index (χ0n) is 12.3. The molecule has 0 heterocycles. The topological polar surface area (TPSA) is 72.8 Å². The molecule has 0 saturated heterocycles. The molecule has 2 rings (SSSR count). The molecular weight excluding hydrogens is 284 g/mol. The van der Waals surface area contributed by atoms with Crippen LogP contribution >= 0.6 is 0 Å². The summed E-state index contributed by atoms with van der Waals surface area (Å²) >= 11 is 0. The molecule has 0 fully saturated rings. The van der Waals surface area contributed by atoms with Gasteiger partial charge in [-0.15, -0.1) is 0 Å². The van der Waals surface area contributed by atoms with Crippen molar-refractivity contribution in [3.8, 4) is 11.5 Å². The van der Waals surface area contributed by atoms with E-state index in [9.17, 15) is 14.7 Å². The van der Waals surface area contributed by atoms with Crippen LogP contribution in [-0.2, 0) is 11.3 Å². The van der Waals surface area contributed by atoms with E-state index in [0.717, 1.165) is 5.56 Å². The Kier molecular flexibility index (Phi) is 4.78. The third-order valence-electron chi connectivity index (χ3n) is 3.09. The van der Waals surface area contributed by atoms with Crippen molar-refractivity contribution >= 4 is 11.8 Å². The van der Waals surface area contributed by atoms with Crippen LogP contribution in [0.2, 0.25) is 0 Å². The van der Waals surface area contributed by atoms with Gasteiger partial charge in [0, 0.05) is 5.56 Å². The second kappa shape index (κ2) is 6.76. The second-order valence-corrected chi connectivity index (χ2v) is 4.71. The maximum Gasteiger partial charge on any atom is 0.338 e. The second-order valence-electron chi connectivity index (χ2n) is 4.71. The first-order valence-corrected chi connectivity index (χ1v) is 6.65. The number of Topliss-reactive ketones (excluding diaryl/α,β-unsaturated/α-hetero) is 1. The van der Waals surface area contributed by atoms with Crippen LogP contribution in [0.25, 0.3) is 0 Å². The van der Waals surface area contributed by atoms with E-state index < -0.39 is 5.97 Å². The van der Waals surface area contributed by atoms with Crippen molar-refractivity contribution in [1.82, 2.24) is 0 Å². The van der Waals surface area contributed by atoms with E-state index in [1.165, 1.54) is 26.2 Å². The summed E-state index contributed by atoms with van der Waals surface area (Å²) in [6.07, 6.45) is 0. The van der Waals surface area contributed by atoms with E-state index in [1.54, 1.807) is 24.3 Å². The van der Waals surface area contributed by atoms with Crippen molar-refractivity contribution in [2.24, 2.45) is 0 Å². The predicted molar refractivity (Wildman–Crippen MR) is 80.2 cm³/mol. The minimum absolute atomic E-state index is 0.156. The van der Waals surface area contributed by atoms with Gasteiger partial charge in [0.15, 0.2) is 5.78 Å². The zero-order chi connectivity index (χ0) is 16.1. The van der Waals surface area contributed by atoms with E-state index in [1.807, 2.05) is 6.07 Å². The van der Waals surface area contributed by atoms with Crippen molar-refractivity contribution < 1.29 is 24.2 Å². The lowest BCUT2D eigenvalue weighted by molar-refractivity contribution is 0.0596. The molecule has 0 aliphatic heterocycles. The Labute approximate surface area is 128 Å². The largest absolute Gasteiger partial charge is 0.508 e. The lowest BCUT2D eigenvalue weighted by Gasteiger charge is -2.10. The number of phenolic OH excluding ortho intramolecular Hbond substituents is 1. The Morgan fingerprint density at radius 3 is 2.50 bits per heavy atom. The number of ketones is 1. The van der Waals surface area contributed by atoms with Crippen molar-refractivity contribution in [2.75, 3.05) is 7.11 Å². The molecule has 2 aromatic carbocycles. The maximum atomic E-state index is 11.7. The number of benzene rings is 2. The van der Waals surface area contributed by atoms with Crippen LogP contribution in [-0.4, -0.2) is 24.0 Å². The average molecular weight is 300 g/mol. The lowest BCUT2D eigenvalue weighted by Crippen LogP contribution is -2.09. The molecule has 2 aromatic rings. The quantitative estimate of drug-likeness (QED) is 0.679. The van der Waals surface area contributed by atoms with Crippen LogP contribution in [0.3, 0.4) is 0 Å². The molecule has 0 unspecified atom stereocenters. The Morgan fingerprint density at radius 1 is 1.09 bits per heavy atom. The van der Waals surface area contributed by atoms with E-state index >= 15 is 0 Å². The number of ether oxygens (including phenoxy) is 2. The van der Waals surface area contributed by atoms with Gasteiger partial charge in [0.2, 0.25) is 0 Å². The third-order valence-corrected chi connectivity index (χ3v) is 3.09. The highest BCUT2D eigenvalue weighted by atomic mass is 16.5. The molecule has 0 spiro atoms. The molecule has 0 bridgehead atoms. The van der Waals surface area contributed by atoms with Gasteiger partial charge in [0.25, 0.3) is 0 Å². The summed E-state index contributed by atoms with van der Waals surface area (Å²) in [7, 11) is 1.26. The summed E-state index contributed by atoms with van der Waals surface area (Å²) in [4.78, 5) is 23.3. The number of hydrogen-bond donors (Lipinski definition) is 1. The standard InChI is InChI=1S/C17H16O5/c1-11(18)15-7-6-14(9-16(15)17(20)21-2)22-10-12-4-3-5-13(19)8-12/h3-9,19H,10H2,1-2H3. The van der Waals surface area contributed by atoms with Crippen molar-refractivity contribution in [3.63, 3.8) is 0 Å². The number of rotatable bonds is 5. The molecule has 114 valence electrons. The first kappa shape index (κ1) is 15.6. The molecule has 0 saturated carbocycles. The Hall–Kier alpha value is -2.82. The summed E-state index contributed by atoms with van der Waals surface area (Å²) in [5.74, 6) is -0.218. The van der Waals surface area contributed by atoms with E-state index in [0.29, 0.717) is 5.75 Å². The zero-order valence-corrected chi connectivity index (χ0v) is 12.3. The SMILES string of the molecule is COC(=O)c1cc(OCc2cccc(O)c2)ccc1C(C)=O. The van der Waals surface area contributed by atoms with Gasteiger partial charge in [-0.25, -0.2) is 4.79 Å². The van der Waals surface area contributed by atoms with Gasteiger partial charge in [-0.3, -0.25) is 4.79 Å². The minimum Gasteiger partial charge on any atom is -0.508 e.